The first kappa shape index (κ1) is 13.3. The Morgan fingerprint density at radius 2 is 1.88 bits per heavy atom. The minimum Gasteiger partial charge on any atom is -0.396 e. The number of rotatable bonds is 5. The zero-order valence-electron chi connectivity index (χ0n) is 11.4. The van der Waals surface area contributed by atoms with Crippen LogP contribution in [0.4, 0.5) is 0 Å². The number of fused-ring (bicyclic) bond motifs is 2. The molecule has 2 aliphatic rings. The van der Waals surface area contributed by atoms with Crippen molar-refractivity contribution < 1.29 is 5.11 Å². The minimum absolute atomic E-state index is 0.345. The molecule has 0 spiro atoms. The molecule has 0 saturated carbocycles. The first-order chi connectivity index (χ1) is 8.22. The Labute approximate surface area is 106 Å². The third-order valence-electron chi connectivity index (χ3n) is 4.40. The van der Waals surface area contributed by atoms with E-state index in [2.05, 4.69) is 23.6 Å². The van der Waals surface area contributed by atoms with Crippen molar-refractivity contribution in [1.82, 2.24) is 9.80 Å². The monoisotopic (exact) mass is 240 g/mol. The van der Waals surface area contributed by atoms with Crippen LogP contribution in [0.1, 0.15) is 46.0 Å². The number of aliphatic hydroxyl groups is 1. The molecule has 2 atom stereocenters. The van der Waals surface area contributed by atoms with Crippen LogP contribution in [0, 0.1) is 0 Å². The van der Waals surface area contributed by atoms with E-state index in [0.717, 1.165) is 24.9 Å². The lowest BCUT2D eigenvalue weighted by molar-refractivity contribution is 0.145. The first-order valence-corrected chi connectivity index (χ1v) is 7.33. The summed E-state index contributed by atoms with van der Waals surface area (Å²) in [7, 11) is 0. The Bertz CT molecular complexity index is 232. The van der Waals surface area contributed by atoms with Crippen LogP contribution in [0.15, 0.2) is 0 Å². The summed E-state index contributed by atoms with van der Waals surface area (Å²) in [6.07, 6.45) is 6.24. The lowest BCUT2D eigenvalue weighted by atomic mass is 10.1. The van der Waals surface area contributed by atoms with Crippen LogP contribution in [0.25, 0.3) is 0 Å². The Hall–Kier alpha value is -0.120. The summed E-state index contributed by atoms with van der Waals surface area (Å²) >= 11 is 0. The normalized spacial score (nSPS) is 31.1. The molecule has 0 aromatic rings. The van der Waals surface area contributed by atoms with E-state index >= 15 is 0 Å². The van der Waals surface area contributed by atoms with E-state index in [9.17, 15) is 0 Å². The minimum atomic E-state index is 0.345. The molecule has 2 aliphatic heterocycles. The molecular formula is C14H28N2O. The summed E-state index contributed by atoms with van der Waals surface area (Å²) in [5, 5.41) is 8.84. The maximum atomic E-state index is 8.84. The van der Waals surface area contributed by atoms with Gasteiger partial charge < -0.3 is 10.0 Å². The largest absolute Gasteiger partial charge is 0.396 e. The molecule has 3 heteroatoms. The van der Waals surface area contributed by atoms with E-state index in [1.165, 1.54) is 38.9 Å². The van der Waals surface area contributed by atoms with Crippen LogP contribution in [-0.2, 0) is 0 Å². The van der Waals surface area contributed by atoms with E-state index < -0.39 is 0 Å². The van der Waals surface area contributed by atoms with Crippen molar-refractivity contribution >= 4 is 0 Å². The second-order valence-corrected chi connectivity index (χ2v) is 5.95. The summed E-state index contributed by atoms with van der Waals surface area (Å²) in [6, 6.07) is 2.32. The Balaban J connectivity index is 1.87. The molecule has 2 fully saturated rings. The van der Waals surface area contributed by atoms with Crippen LogP contribution >= 0.6 is 0 Å². The van der Waals surface area contributed by atoms with Gasteiger partial charge in [0.05, 0.1) is 0 Å². The maximum Gasteiger partial charge on any atom is 0.0431 e. The highest BCUT2D eigenvalue weighted by Gasteiger charge is 2.37. The Morgan fingerprint density at radius 1 is 1.12 bits per heavy atom. The molecule has 0 amide bonds. The standard InChI is InChI=1S/C14H28N2O/c1-12(2)16-13-5-6-14(16)11-15(9-7-13)8-3-4-10-17/h12-14,17H,3-11H2,1-2H3. The van der Waals surface area contributed by atoms with E-state index in [-0.39, 0.29) is 0 Å². The number of hydrogen-bond donors (Lipinski definition) is 1. The Morgan fingerprint density at radius 3 is 2.59 bits per heavy atom. The number of aliphatic hydroxyl groups excluding tert-OH is 1. The van der Waals surface area contributed by atoms with Gasteiger partial charge in [-0.05, 0) is 59.0 Å². The zero-order valence-corrected chi connectivity index (χ0v) is 11.4. The number of hydrogen-bond acceptors (Lipinski definition) is 3. The molecular weight excluding hydrogens is 212 g/mol. The van der Waals surface area contributed by atoms with Gasteiger partial charge in [0.15, 0.2) is 0 Å². The van der Waals surface area contributed by atoms with Gasteiger partial charge in [-0.25, -0.2) is 0 Å². The second kappa shape index (κ2) is 6.17. The van der Waals surface area contributed by atoms with Crippen LogP contribution in [0.3, 0.4) is 0 Å². The topological polar surface area (TPSA) is 26.7 Å². The highest BCUT2D eigenvalue weighted by Crippen LogP contribution is 2.31. The second-order valence-electron chi connectivity index (χ2n) is 5.95. The lowest BCUT2D eigenvalue weighted by Gasteiger charge is -2.32. The van der Waals surface area contributed by atoms with E-state index in [1.807, 2.05) is 0 Å². The summed E-state index contributed by atoms with van der Waals surface area (Å²) < 4.78 is 0. The van der Waals surface area contributed by atoms with Gasteiger partial charge in [-0.1, -0.05) is 0 Å². The summed E-state index contributed by atoms with van der Waals surface area (Å²) in [5.41, 5.74) is 0. The lowest BCUT2D eigenvalue weighted by Crippen LogP contribution is -2.43. The predicted molar refractivity (Wildman–Crippen MR) is 71.2 cm³/mol. The van der Waals surface area contributed by atoms with Crippen molar-refractivity contribution in [3.8, 4) is 0 Å². The number of nitrogens with zero attached hydrogens (tertiary/aromatic N) is 2. The molecule has 2 rings (SSSR count). The van der Waals surface area contributed by atoms with Crippen molar-refractivity contribution in [2.75, 3.05) is 26.2 Å². The SMILES string of the molecule is CC(C)N1C2CCC1CN(CCCCO)CC2. The van der Waals surface area contributed by atoms with Crippen molar-refractivity contribution in [1.29, 1.82) is 0 Å². The van der Waals surface area contributed by atoms with E-state index in [4.69, 9.17) is 5.11 Å². The fourth-order valence-electron chi connectivity index (χ4n) is 3.67. The highest BCUT2D eigenvalue weighted by molar-refractivity contribution is 4.94. The molecule has 2 heterocycles. The molecule has 3 nitrogen and oxygen atoms in total. The van der Waals surface area contributed by atoms with Gasteiger partial charge in [-0.2, -0.15) is 0 Å². The van der Waals surface area contributed by atoms with E-state index in [1.54, 1.807) is 0 Å². The zero-order chi connectivity index (χ0) is 12.3. The molecule has 2 saturated heterocycles. The molecule has 17 heavy (non-hydrogen) atoms. The van der Waals surface area contributed by atoms with Gasteiger partial charge in [-0.3, -0.25) is 4.90 Å². The van der Waals surface area contributed by atoms with E-state index in [0.29, 0.717) is 12.6 Å². The molecule has 0 aromatic carbocycles. The summed E-state index contributed by atoms with van der Waals surface area (Å²) in [4.78, 5) is 5.38. The third-order valence-corrected chi connectivity index (χ3v) is 4.40. The molecule has 100 valence electrons. The van der Waals surface area contributed by atoms with Gasteiger partial charge in [0.1, 0.15) is 0 Å². The van der Waals surface area contributed by atoms with Gasteiger partial charge >= 0.3 is 0 Å². The third kappa shape index (κ3) is 3.21. The summed E-state index contributed by atoms with van der Waals surface area (Å²) in [5.74, 6) is 0. The number of unbranched alkanes of at least 4 members (excludes halogenated alkanes) is 1. The van der Waals surface area contributed by atoms with Gasteiger partial charge in [0.2, 0.25) is 0 Å². The van der Waals surface area contributed by atoms with Crippen LogP contribution in [0.2, 0.25) is 0 Å². The van der Waals surface area contributed by atoms with Crippen LogP contribution in [0.5, 0.6) is 0 Å². The van der Waals surface area contributed by atoms with Gasteiger partial charge in [0.25, 0.3) is 0 Å². The van der Waals surface area contributed by atoms with Gasteiger partial charge in [0, 0.05) is 31.3 Å². The molecule has 0 aromatic heterocycles. The smallest absolute Gasteiger partial charge is 0.0431 e. The average molecular weight is 240 g/mol. The number of likely N-dealkylation sites (tertiary alicyclic amines) is 1. The summed E-state index contributed by atoms with van der Waals surface area (Å²) in [6.45, 7) is 8.71. The molecule has 0 radical (unpaired) electrons. The predicted octanol–water partition coefficient (Wildman–Crippen LogP) is 1.71. The van der Waals surface area contributed by atoms with Crippen LogP contribution in [-0.4, -0.2) is 59.3 Å². The fraction of sp³-hybridized carbons (Fsp3) is 1.00. The molecule has 2 unspecified atom stereocenters. The van der Waals surface area contributed by atoms with Crippen LogP contribution < -0.4 is 0 Å². The van der Waals surface area contributed by atoms with Crippen molar-refractivity contribution in [2.24, 2.45) is 0 Å². The van der Waals surface area contributed by atoms with Crippen molar-refractivity contribution in [3.05, 3.63) is 0 Å². The quantitative estimate of drug-likeness (QED) is 0.741. The highest BCUT2D eigenvalue weighted by atomic mass is 16.2. The molecule has 2 bridgehead atoms. The maximum absolute atomic E-state index is 8.84. The van der Waals surface area contributed by atoms with Gasteiger partial charge in [-0.15, -0.1) is 0 Å². The Kier molecular flexibility index (Phi) is 4.83. The fourth-order valence-corrected chi connectivity index (χ4v) is 3.67. The molecule has 1 N–H and O–H groups in total. The average Bonchev–Trinajstić information content (AvgIpc) is 2.57. The van der Waals surface area contributed by atoms with Crippen molar-refractivity contribution in [3.63, 3.8) is 0 Å². The molecule has 0 aliphatic carbocycles. The first-order valence-electron chi connectivity index (χ1n) is 7.33. The van der Waals surface area contributed by atoms with Crippen molar-refractivity contribution in [2.45, 2.75) is 64.1 Å².